The van der Waals surface area contributed by atoms with E-state index in [0.29, 0.717) is 18.1 Å². The van der Waals surface area contributed by atoms with Crippen LogP contribution in [-0.2, 0) is 9.53 Å². The molecule has 0 spiro atoms. The normalized spacial score (nSPS) is 17.9. The summed E-state index contributed by atoms with van der Waals surface area (Å²) in [6, 6.07) is 7.77. The van der Waals surface area contributed by atoms with Crippen LogP contribution in [0.2, 0.25) is 0 Å². The Morgan fingerprint density at radius 1 is 1.37 bits per heavy atom. The van der Waals surface area contributed by atoms with E-state index < -0.39 is 12.1 Å². The molecule has 4 heteroatoms. The van der Waals surface area contributed by atoms with Gasteiger partial charge >= 0.3 is 5.97 Å². The van der Waals surface area contributed by atoms with E-state index in [1.165, 1.54) is 5.56 Å². The van der Waals surface area contributed by atoms with Gasteiger partial charge in [0.15, 0.2) is 6.10 Å². The van der Waals surface area contributed by atoms with Gasteiger partial charge in [0.2, 0.25) is 0 Å². The van der Waals surface area contributed by atoms with Crippen molar-refractivity contribution in [3.8, 4) is 5.75 Å². The van der Waals surface area contributed by atoms with Crippen molar-refractivity contribution in [3.63, 3.8) is 0 Å². The standard InChI is InChI=1S/C15H20O4/c1-2-14(15(16)17)19-13-5-3-11(4-6-13)12-7-9-18-10-8-12/h3-6,12,14H,2,7-10H2,1H3,(H,16,17). The second-order valence-electron chi connectivity index (χ2n) is 4.81. The third kappa shape index (κ3) is 3.70. The van der Waals surface area contributed by atoms with E-state index in [9.17, 15) is 4.79 Å². The predicted octanol–water partition coefficient (Wildman–Crippen LogP) is 2.82. The quantitative estimate of drug-likeness (QED) is 0.888. The molecule has 1 aliphatic heterocycles. The number of carboxylic acid groups (broad SMARTS) is 1. The second kappa shape index (κ2) is 6.57. The highest BCUT2D eigenvalue weighted by molar-refractivity contribution is 5.72. The van der Waals surface area contributed by atoms with Crippen LogP contribution in [-0.4, -0.2) is 30.4 Å². The Hall–Kier alpha value is -1.55. The van der Waals surface area contributed by atoms with Crippen LogP contribution in [0.5, 0.6) is 5.75 Å². The highest BCUT2D eigenvalue weighted by Gasteiger charge is 2.18. The predicted molar refractivity (Wildman–Crippen MR) is 71.6 cm³/mol. The molecule has 0 radical (unpaired) electrons. The van der Waals surface area contributed by atoms with E-state index in [-0.39, 0.29) is 0 Å². The van der Waals surface area contributed by atoms with Crippen LogP contribution in [0.15, 0.2) is 24.3 Å². The Bertz CT molecular complexity index is 407. The molecule has 0 bridgehead atoms. The molecule has 104 valence electrons. The number of rotatable bonds is 5. The van der Waals surface area contributed by atoms with Crippen LogP contribution in [0.3, 0.4) is 0 Å². The number of ether oxygens (including phenoxy) is 2. The zero-order valence-corrected chi connectivity index (χ0v) is 11.2. The maximum absolute atomic E-state index is 10.9. The van der Waals surface area contributed by atoms with Crippen molar-refractivity contribution in [2.24, 2.45) is 0 Å². The zero-order chi connectivity index (χ0) is 13.7. The molecule has 2 rings (SSSR count). The van der Waals surface area contributed by atoms with Gasteiger partial charge in [-0.05, 0) is 42.9 Å². The van der Waals surface area contributed by atoms with E-state index in [1.54, 1.807) is 6.92 Å². The molecule has 4 nitrogen and oxygen atoms in total. The van der Waals surface area contributed by atoms with Gasteiger partial charge in [-0.1, -0.05) is 19.1 Å². The minimum Gasteiger partial charge on any atom is -0.479 e. The van der Waals surface area contributed by atoms with Gasteiger partial charge in [0.05, 0.1) is 0 Å². The first-order valence-corrected chi connectivity index (χ1v) is 6.78. The van der Waals surface area contributed by atoms with Crippen molar-refractivity contribution in [2.45, 2.75) is 38.2 Å². The summed E-state index contributed by atoms with van der Waals surface area (Å²) in [7, 11) is 0. The highest BCUT2D eigenvalue weighted by Crippen LogP contribution is 2.28. The van der Waals surface area contributed by atoms with Gasteiger partial charge in [0.25, 0.3) is 0 Å². The second-order valence-corrected chi connectivity index (χ2v) is 4.81. The fourth-order valence-corrected chi connectivity index (χ4v) is 2.32. The minimum absolute atomic E-state index is 0.455. The fraction of sp³-hybridized carbons (Fsp3) is 0.533. The molecule has 1 aromatic carbocycles. The van der Waals surface area contributed by atoms with Gasteiger partial charge in [-0.3, -0.25) is 0 Å². The number of aliphatic carboxylic acids is 1. The van der Waals surface area contributed by atoms with Gasteiger partial charge < -0.3 is 14.6 Å². The smallest absolute Gasteiger partial charge is 0.344 e. The highest BCUT2D eigenvalue weighted by atomic mass is 16.5. The van der Waals surface area contributed by atoms with Crippen molar-refractivity contribution in [2.75, 3.05) is 13.2 Å². The Labute approximate surface area is 113 Å². The molecule has 1 aliphatic rings. The van der Waals surface area contributed by atoms with Crippen molar-refractivity contribution in [1.29, 1.82) is 0 Å². The Balaban J connectivity index is 1.99. The Morgan fingerprint density at radius 2 is 2.00 bits per heavy atom. The molecule has 0 aliphatic carbocycles. The number of carboxylic acids is 1. The van der Waals surface area contributed by atoms with Crippen molar-refractivity contribution >= 4 is 5.97 Å². The summed E-state index contributed by atoms with van der Waals surface area (Å²) in [5.74, 6) is 0.241. The lowest BCUT2D eigenvalue weighted by Crippen LogP contribution is -2.25. The van der Waals surface area contributed by atoms with Crippen LogP contribution in [0, 0.1) is 0 Å². The third-order valence-electron chi connectivity index (χ3n) is 3.50. The monoisotopic (exact) mass is 264 g/mol. The van der Waals surface area contributed by atoms with Gasteiger partial charge in [-0.15, -0.1) is 0 Å². The molecule has 1 atom stereocenters. The number of benzene rings is 1. The first-order valence-electron chi connectivity index (χ1n) is 6.78. The molecular formula is C15H20O4. The average Bonchev–Trinajstić information content (AvgIpc) is 2.46. The molecule has 1 fully saturated rings. The van der Waals surface area contributed by atoms with Crippen LogP contribution < -0.4 is 4.74 Å². The molecular weight excluding hydrogens is 244 g/mol. The maximum Gasteiger partial charge on any atom is 0.344 e. The van der Waals surface area contributed by atoms with Crippen LogP contribution >= 0.6 is 0 Å². The summed E-state index contributed by atoms with van der Waals surface area (Å²) in [4.78, 5) is 10.9. The fourth-order valence-electron chi connectivity index (χ4n) is 2.32. The van der Waals surface area contributed by atoms with E-state index >= 15 is 0 Å². The third-order valence-corrected chi connectivity index (χ3v) is 3.50. The SMILES string of the molecule is CCC(Oc1ccc(C2CCOCC2)cc1)C(=O)O. The van der Waals surface area contributed by atoms with E-state index in [2.05, 4.69) is 0 Å². The average molecular weight is 264 g/mol. The van der Waals surface area contributed by atoms with Crippen molar-refractivity contribution < 1.29 is 19.4 Å². The number of carbonyl (C=O) groups is 1. The molecule has 0 aromatic heterocycles. The van der Waals surface area contributed by atoms with Gasteiger partial charge in [-0.25, -0.2) is 4.79 Å². The van der Waals surface area contributed by atoms with Gasteiger partial charge in [0.1, 0.15) is 5.75 Å². The van der Waals surface area contributed by atoms with Crippen LogP contribution in [0.1, 0.15) is 37.7 Å². The van der Waals surface area contributed by atoms with Crippen LogP contribution in [0.4, 0.5) is 0 Å². The van der Waals surface area contributed by atoms with Gasteiger partial charge in [0, 0.05) is 13.2 Å². The lowest BCUT2D eigenvalue weighted by Gasteiger charge is -2.22. The van der Waals surface area contributed by atoms with E-state index in [0.717, 1.165) is 26.1 Å². The molecule has 0 saturated carbocycles. The summed E-state index contributed by atoms with van der Waals surface area (Å²) in [6.45, 7) is 3.44. The van der Waals surface area contributed by atoms with Crippen molar-refractivity contribution in [3.05, 3.63) is 29.8 Å². The van der Waals surface area contributed by atoms with Gasteiger partial charge in [-0.2, -0.15) is 0 Å². The molecule has 0 amide bonds. The molecule has 1 unspecified atom stereocenters. The van der Waals surface area contributed by atoms with Crippen LogP contribution in [0.25, 0.3) is 0 Å². The first-order chi connectivity index (χ1) is 9.20. The molecule has 1 N–H and O–H groups in total. The first kappa shape index (κ1) is 13.9. The van der Waals surface area contributed by atoms with E-state index in [1.807, 2.05) is 24.3 Å². The lowest BCUT2D eigenvalue weighted by atomic mass is 9.92. The largest absolute Gasteiger partial charge is 0.479 e. The topological polar surface area (TPSA) is 55.8 Å². The van der Waals surface area contributed by atoms with Crippen molar-refractivity contribution in [1.82, 2.24) is 0 Å². The summed E-state index contributed by atoms with van der Waals surface area (Å²) in [5, 5.41) is 8.95. The molecule has 19 heavy (non-hydrogen) atoms. The zero-order valence-electron chi connectivity index (χ0n) is 11.2. The maximum atomic E-state index is 10.9. The number of hydrogen-bond acceptors (Lipinski definition) is 3. The summed E-state index contributed by atoms with van der Waals surface area (Å²) in [5.41, 5.74) is 1.28. The molecule has 1 aromatic rings. The molecule has 1 saturated heterocycles. The summed E-state index contributed by atoms with van der Waals surface area (Å²) < 4.78 is 10.8. The number of hydrogen-bond donors (Lipinski definition) is 1. The summed E-state index contributed by atoms with van der Waals surface area (Å²) in [6.07, 6.45) is 1.78. The summed E-state index contributed by atoms with van der Waals surface area (Å²) >= 11 is 0. The Kier molecular flexibility index (Phi) is 4.80. The molecule has 1 heterocycles. The Morgan fingerprint density at radius 3 is 2.53 bits per heavy atom. The lowest BCUT2D eigenvalue weighted by molar-refractivity contribution is -0.145. The minimum atomic E-state index is -0.920. The van der Waals surface area contributed by atoms with E-state index in [4.69, 9.17) is 14.6 Å².